The van der Waals surface area contributed by atoms with E-state index in [1.54, 1.807) is 12.1 Å². The van der Waals surface area contributed by atoms with Gasteiger partial charge in [0.25, 0.3) is 5.69 Å². The molecule has 2 N–H and O–H groups in total. The number of carbonyl (C=O) groups is 1. The van der Waals surface area contributed by atoms with Crippen molar-refractivity contribution in [1.29, 1.82) is 0 Å². The van der Waals surface area contributed by atoms with Crippen molar-refractivity contribution in [2.75, 3.05) is 13.2 Å². The lowest BCUT2D eigenvalue weighted by atomic mass is 9.74. The van der Waals surface area contributed by atoms with Gasteiger partial charge >= 0.3 is 0 Å². The number of aliphatic hydroxyl groups is 1. The van der Waals surface area contributed by atoms with Crippen LogP contribution >= 0.6 is 0 Å². The molecular formula is C16H22N2O4. The molecule has 0 saturated heterocycles. The number of hydrogen-bond acceptors (Lipinski definition) is 4. The Hall–Kier alpha value is -1.95. The van der Waals surface area contributed by atoms with E-state index in [-0.39, 0.29) is 30.0 Å². The highest BCUT2D eigenvalue weighted by Gasteiger charge is 2.31. The fraction of sp³-hybridized carbons (Fsp3) is 0.562. The van der Waals surface area contributed by atoms with Gasteiger partial charge < -0.3 is 10.4 Å². The summed E-state index contributed by atoms with van der Waals surface area (Å²) in [5.41, 5.74) is 0.411. The standard InChI is InChI=1S/C16H22N2O4/c19-12-16(7-2-1-3-8-16)11-17-15(20)10-13-5-4-6-14(9-13)18(21)22/h4-6,9,19H,1-3,7-8,10-12H2,(H,17,20). The number of amides is 1. The molecule has 1 aliphatic rings. The zero-order chi connectivity index (χ0) is 16.0. The number of nitrogens with one attached hydrogen (secondary N) is 1. The Kier molecular flexibility index (Phi) is 5.49. The second kappa shape index (κ2) is 7.35. The third-order valence-electron chi connectivity index (χ3n) is 4.40. The zero-order valence-electron chi connectivity index (χ0n) is 12.6. The molecule has 0 atom stereocenters. The van der Waals surface area contributed by atoms with Crippen LogP contribution in [0.2, 0.25) is 0 Å². The highest BCUT2D eigenvalue weighted by Crippen LogP contribution is 2.35. The summed E-state index contributed by atoms with van der Waals surface area (Å²) in [5, 5.41) is 23.2. The Morgan fingerprint density at radius 3 is 2.68 bits per heavy atom. The summed E-state index contributed by atoms with van der Waals surface area (Å²) in [4.78, 5) is 22.3. The molecule has 1 fully saturated rings. The first kappa shape index (κ1) is 16.4. The Balaban J connectivity index is 1.90. The molecule has 1 aromatic carbocycles. The Morgan fingerprint density at radius 2 is 2.05 bits per heavy atom. The van der Waals surface area contributed by atoms with Gasteiger partial charge in [0, 0.05) is 24.1 Å². The number of benzene rings is 1. The van der Waals surface area contributed by atoms with Gasteiger partial charge in [0.2, 0.25) is 5.91 Å². The van der Waals surface area contributed by atoms with E-state index >= 15 is 0 Å². The second-order valence-electron chi connectivity index (χ2n) is 6.10. The fourth-order valence-electron chi connectivity index (χ4n) is 3.01. The number of nitro groups is 1. The molecule has 120 valence electrons. The summed E-state index contributed by atoms with van der Waals surface area (Å²) < 4.78 is 0. The van der Waals surface area contributed by atoms with E-state index in [4.69, 9.17) is 0 Å². The van der Waals surface area contributed by atoms with Gasteiger partial charge in [0.05, 0.1) is 18.0 Å². The molecule has 2 rings (SSSR count). The Bertz CT molecular complexity index is 539. The van der Waals surface area contributed by atoms with Crippen molar-refractivity contribution in [2.45, 2.75) is 38.5 Å². The van der Waals surface area contributed by atoms with Crippen LogP contribution in [0.1, 0.15) is 37.7 Å². The summed E-state index contributed by atoms with van der Waals surface area (Å²) in [6, 6.07) is 6.11. The van der Waals surface area contributed by atoms with Crippen molar-refractivity contribution < 1.29 is 14.8 Å². The average Bonchev–Trinajstić information content (AvgIpc) is 2.54. The molecule has 1 amide bonds. The maximum Gasteiger partial charge on any atom is 0.269 e. The van der Waals surface area contributed by atoms with Gasteiger partial charge in [-0.05, 0) is 18.4 Å². The van der Waals surface area contributed by atoms with Crippen LogP contribution in [-0.4, -0.2) is 29.1 Å². The Morgan fingerprint density at radius 1 is 1.32 bits per heavy atom. The van der Waals surface area contributed by atoms with Gasteiger partial charge in [0.15, 0.2) is 0 Å². The summed E-state index contributed by atoms with van der Waals surface area (Å²) >= 11 is 0. The maximum absolute atomic E-state index is 12.0. The lowest BCUT2D eigenvalue weighted by molar-refractivity contribution is -0.384. The van der Waals surface area contributed by atoms with Crippen LogP contribution in [0, 0.1) is 15.5 Å². The molecule has 0 aromatic heterocycles. The minimum absolute atomic E-state index is 0.00981. The maximum atomic E-state index is 12.0. The lowest BCUT2D eigenvalue weighted by Crippen LogP contribution is -2.41. The van der Waals surface area contributed by atoms with Crippen molar-refractivity contribution in [1.82, 2.24) is 5.32 Å². The smallest absolute Gasteiger partial charge is 0.269 e. The minimum atomic E-state index is -0.468. The quantitative estimate of drug-likeness (QED) is 0.622. The van der Waals surface area contributed by atoms with Gasteiger partial charge in [-0.25, -0.2) is 0 Å². The van der Waals surface area contributed by atoms with E-state index in [0.29, 0.717) is 12.1 Å². The molecule has 0 spiro atoms. The molecule has 1 aromatic rings. The minimum Gasteiger partial charge on any atom is -0.396 e. The van der Waals surface area contributed by atoms with Crippen LogP contribution in [0.3, 0.4) is 0 Å². The molecule has 0 heterocycles. The van der Waals surface area contributed by atoms with Crippen LogP contribution in [0.5, 0.6) is 0 Å². The predicted molar refractivity (Wildman–Crippen MR) is 82.4 cm³/mol. The molecule has 1 saturated carbocycles. The fourth-order valence-corrected chi connectivity index (χ4v) is 3.01. The number of nitrogens with zero attached hydrogens (tertiary/aromatic N) is 1. The number of nitro benzene ring substituents is 1. The zero-order valence-corrected chi connectivity index (χ0v) is 12.6. The third kappa shape index (κ3) is 4.27. The third-order valence-corrected chi connectivity index (χ3v) is 4.40. The van der Waals surface area contributed by atoms with Gasteiger partial charge in [-0.3, -0.25) is 14.9 Å². The number of carbonyl (C=O) groups excluding carboxylic acids is 1. The highest BCUT2D eigenvalue weighted by atomic mass is 16.6. The average molecular weight is 306 g/mol. The van der Waals surface area contributed by atoms with Crippen molar-refractivity contribution in [3.63, 3.8) is 0 Å². The van der Waals surface area contributed by atoms with Crippen molar-refractivity contribution >= 4 is 11.6 Å². The molecular weight excluding hydrogens is 284 g/mol. The van der Waals surface area contributed by atoms with Gasteiger partial charge in [-0.1, -0.05) is 31.4 Å². The van der Waals surface area contributed by atoms with Gasteiger partial charge in [-0.2, -0.15) is 0 Å². The summed E-state index contributed by atoms with van der Waals surface area (Å²) in [7, 11) is 0. The monoisotopic (exact) mass is 306 g/mol. The van der Waals surface area contributed by atoms with Crippen LogP contribution in [-0.2, 0) is 11.2 Å². The largest absolute Gasteiger partial charge is 0.396 e. The summed E-state index contributed by atoms with van der Waals surface area (Å²) in [6.07, 6.45) is 5.33. The number of aliphatic hydroxyl groups excluding tert-OH is 1. The molecule has 1 aliphatic carbocycles. The first-order chi connectivity index (χ1) is 10.5. The highest BCUT2D eigenvalue weighted by molar-refractivity contribution is 5.78. The SMILES string of the molecule is O=C(Cc1cccc([N+](=O)[O-])c1)NCC1(CO)CCCCC1. The normalized spacial score (nSPS) is 17.0. The lowest BCUT2D eigenvalue weighted by Gasteiger charge is -2.35. The van der Waals surface area contributed by atoms with Crippen LogP contribution in [0.4, 0.5) is 5.69 Å². The molecule has 0 bridgehead atoms. The van der Waals surface area contributed by atoms with Crippen molar-refractivity contribution in [2.24, 2.45) is 5.41 Å². The van der Waals surface area contributed by atoms with Gasteiger partial charge in [-0.15, -0.1) is 0 Å². The van der Waals surface area contributed by atoms with E-state index in [1.165, 1.54) is 18.6 Å². The number of non-ortho nitro benzene ring substituents is 1. The van der Waals surface area contributed by atoms with Gasteiger partial charge in [0.1, 0.15) is 0 Å². The van der Waals surface area contributed by atoms with Crippen molar-refractivity contribution in [3.8, 4) is 0 Å². The molecule has 0 aliphatic heterocycles. The van der Waals surface area contributed by atoms with Crippen molar-refractivity contribution in [3.05, 3.63) is 39.9 Å². The molecule has 6 heteroatoms. The van der Waals surface area contributed by atoms with E-state index in [0.717, 1.165) is 25.7 Å². The Labute approximate surface area is 129 Å². The second-order valence-corrected chi connectivity index (χ2v) is 6.10. The van der Waals surface area contributed by atoms with E-state index in [1.807, 2.05) is 0 Å². The topological polar surface area (TPSA) is 92.5 Å². The van der Waals surface area contributed by atoms with E-state index < -0.39 is 4.92 Å². The van der Waals surface area contributed by atoms with E-state index in [2.05, 4.69) is 5.32 Å². The van der Waals surface area contributed by atoms with E-state index in [9.17, 15) is 20.0 Å². The number of hydrogen-bond donors (Lipinski definition) is 2. The predicted octanol–water partition coefficient (Wildman–Crippen LogP) is 2.20. The summed E-state index contributed by atoms with van der Waals surface area (Å²) in [6.45, 7) is 0.557. The molecule has 0 unspecified atom stereocenters. The molecule has 6 nitrogen and oxygen atoms in total. The first-order valence-corrected chi connectivity index (χ1v) is 7.66. The molecule has 0 radical (unpaired) electrons. The molecule has 22 heavy (non-hydrogen) atoms. The van der Waals surface area contributed by atoms with Crippen LogP contribution in [0.25, 0.3) is 0 Å². The van der Waals surface area contributed by atoms with Crippen LogP contribution < -0.4 is 5.32 Å². The summed E-state index contributed by atoms with van der Waals surface area (Å²) in [5.74, 6) is -0.168. The van der Waals surface area contributed by atoms with Crippen LogP contribution in [0.15, 0.2) is 24.3 Å². The first-order valence-electron chi connectivity index (χ1n) is 7.66. The number of rotatable bonds is 6.